The number of thioether (sulfide) groups is 1. The molecule has 2 amide bonds. The van der Waals surface area contributed by atoms with Gasteiger partial charge in [-0.05, 0) is 66.6 Å². The molecule has 0 radical (unpaired) electrons. The van der Waals surface area contributed by atoms with Crippen LogP contribution < -0.4 is 14.7 Å². The molecular weight excluding hydrogens is 440 g/mol. The van der Waals surface area contributed by atoms with Crippen molar-refractivity contribution < 1.29 is 26.9 Å². The highest BCUT2D eigenvalue weighted by Gasteiger charge is 2.34. The second kappa shape index (κ2) is 9.13. The largest absolute Gasteiger partial charge is 0.493 e. The number of ether oxygens (including phenoxy) is 1. The van der Waals surface area contributed by atoms with Crippen molar-refractivity contribution >= 4 is 39.1 Å². The number of nitrogens with two attached hydrogens (primary N) is 1. The van der Waals surface area contributed by atoms with Crippen LogP contribution in [0.3, 0.4) is 0 Å². The van der Waals surface area contributed by atoms with Crippen molar-refractivity contribution in [2.45, 2.75) is 18.7 Å². The van der Waals surface area contributed by atoms with Crippen molar-refractivity contribution in [1.82, 2.24) is 4.90 Å². The minimum Gasteiger partial charge on any atom is -0.493 e. The highest BCUT2D eigenvalue weighted by molar-refractivity contribution is 8.18. The zero-order valence-electron chi connectivity index (χ0n) is 17.2. The fourth-order valence-corrected chi connectivity index (χ4v) is 5.08. The molecule has 8 nitrogen and oxygen atoms in total. The fourth-order valence-electron chi connectivity index (χ4n) is 2.96. The molecule has 10 heteroatoms. The summed E-state index contributed by atoms with van der Waals surface area (Å²) in [5.41, 5.74) is 7.34. The average Bonchev–Trinajstić information content (AvgIpc) is 2.98. The van der Waals surface area contributed by atoms with Crippen molar-refractivity contribution in [2.75, 3.05) is 20.2 Å². The molecule has 0 atom stereocenters. The second-order valence-corrected chi connectivity index (χ2v) is 9.35. The molecule has 2 aromatic carbocycles. The maximum atomic E-state index is 12.8. The number of nitrogens with zero attached hydrogens (tertiary/aromatic N) is 1. The van der Waals surface area contributed by atoms with Crippen LogP contribution in [0.25, 0.3) is 6.08 Å². The predicted octanol–water partition coefficient (Wildman–Crippen LogP) is 3.07. The first kappa shape index (κ1) is 22.9. The van der Waals surface area contributed by atoms with Gasteiger partial charge in [-0.3, -0.25) is 14.5 Å². The van der Waals surface area contributed by atoms with Crippen molar-refractivity contribution in [3.63, 3.8) is 0 Å². The zero-order valence-corrected chi connectivity index (χ0v) is 18.9. The summed E-state index contributed by atoms with van der Waals surface area (Å²) in [6, 6.07) is 9.63. The van der Waals surface area contributed by atoms with E-state index in [4.69, 9.17) is 14.7 Å². The molecule has 1 aliphatic rings. The third-order valence-electron chi connectivity index (χ3n) is 4.52. The standard InChI is InChI=1S/C21H22N2O6S2/c1-13-4-5-14(2)19(10-13)31(26,27)29-16-7-6-15(11-17(16)28-3)12-18-20(24)23(9-8-22)21(25)30-18/h4-7,10-12H,8-9,22H2,1-3H3/b18-12-. The molecule has 0 spiro atoms. The van der Waals surface area contributed by atoms with Gasteiger partial charge in [-0.15, -0.1) is 0 Å². The molecule has 0 unspecified atom stereocenters. The zero-order chi connectivity index (χ0) is 22.8. The van der Waals surface area contributed by atoms with Crippen molar-refractivity contribution in [3.05, 3.63) is 58.0 Å². The Morgan fingerprint density at radius 2 is 1.84 bits per heavy atom. The Hall–Kier alpha value is -2.82. The summed E-state index contributed by atoms with van der Waals surface area (Å²) in [4.78, 5) is 25.7. The topological polar surface area (TPSA) is 116 Å². The molecule has 3 rings (SSSR count). The number of carbonyl (C=O) groups excluding carboxylic acids is 2. The van der Waals surface area contributed by atoms with Crippen LogP contribution in [0.15, 0.2) is 46.2 Å². The van der Waals surface area contributed by atoms with E-state index in [1.54, 1.807) is 32.0 Å². The van der Waals surface area contributed by atoms with Gasteiger partial charge in [0.2, 0.25) is 0 Å². The number of aryl methyl sites for hydroxylation is 2. The first-order valence-corrected chi connectivity index (χ1v) is 11.5. The van der Waals surface area contributed by atoms with Gasteiger partial charge < -0.3 is 14.7 Å². The first-order chi connectivity index (χ1) is 14.7. The number of rotatable bonds is 7. The molecule has 2 N–H and O–H groups in total. The Morgan fingerprint density at radius 3 is 2.52 bits per heavy atom. The monoisotopic (exact) mass is 462 g/mol. The summed E-state index contributed by atoms with van der Waals surface area (Å²) in [7, 11) is -2.70. The van der Waals surface area contributed by atoms with Gasteiger partial charge in [-0.1, -0.05) is 18.2 Å². The van der Waals surface area contributed by atoms with Gasteiger partial charge in [0, 0.05) is 13.1 Å². The van der Waals surface area contributed by atoms with E-state index in [-0.39, 0.29) is 39.6 Å². The number of hydrogen-bond acceptors (Lipinski definition) is 8. The minimum absolute atomic E-state index is 0.0109. The Labute approximate surface area is 185 Å². The highest BCUT2D eigenvalue weighted by Crippen LogP contribution is 2.35. The van der Waals surface area contributed by atoms with E-state index < -0.39 is 16.0 Å². The summed E-state index contributed by atoms with van der Waals surface area (Å²) in [6.45, 7) is 3.81. The van der Waals surface area contributed by atoms with Gasteiger partial charge in [0.15, 0.2) is 11.5 Å². The molecule has 2 aromatic rings. The predicted molar refractivity (Wildman–Crippen MR) is 118 cm³/mol. The number of methoxy groups -OCH3 is 1. The van der Waals surface area contributed by atoms with Gasteiger partial charge in [0.05, 0.1) is 12.0 Å². The molecular formula is C21H22N2O6S2. The van der Waals surface area contributed by atoms with Gasteiger partial charge in [-0.2, -0.15) is 8.42 Å². The van der Waals surface area contributed by atoms with Crippen LogP contribution in [0, 0.1) is 13.8 Å². The third kappa shape index (κ3) is 4.92. The lowest BCUT2D eigenvalue weighted by molar-refractivity contribution is -0.122. The fraction of sp³-hybridized carbons (Fsp3) is 0.238. The smallest absolute Gasteiger partial charge is 0.339 e. The second-order valence-electron chi connectivity index (χ2n) is 6.84. The molecule has 1 aliphatic heterocycles. The van der Waals surface area contributed by atoms with Crippen molar-refractivity contribution in [2.24, 2.45) is 5.73 Å². The molecule has 164 valence electrons. The SMILES string of the molecule is COc1cc(/C=C2\SC(=O)N(CCN)C2=O)ccc1OS(=O)(=O)c1cc(C)ccc1C. The summed E-state index contributed by atoms with van der Waals surface area (Å²) >= 11 is 0.819. The van der Waals surface area contributed by atoms with Gasteiger partial charge in [-0.25, -0.2) is 0 Å². The first-order valence-electron chi connectivity index (χ1n) is 9.31. The Morgan fingerprint density at radius 1 is 1.10 bits per heavy atom. The number of hydrogen-bond donors (Lipinski definition) is 1. The number of imide groups is 1. The molecule has 0 aromatic heterocycles. The van der Waals surface area contributed by atoms with Crippen LogP contribution >= 0.6 is 11.8 Å². The van der Waals surface area contributed by atoms with Crippen LogP contribution in [0.4, 0.5) is 4.79 Å². The lowest BCUT2D eigenvalue weighted by Gasteiger charge is -2.13. The van der Waals surface area contributed by atoms with Crippen LogP contribution in [-0.2, 0) is 14.9 Å². The number of carbonyl (C=O) groups is 2. The molecule has 31 heavy (non-hydrogen) atoms. The highest BCUT2D eigenvalue weighted by atomic mass is 32.2. The van der Waals surface area contributed by atoms with E-state index in [0.717, 1.165) is 22.2 Å². The Bertz CT molecular complexity index is 1170. The van der Waals surface area contributed by atoms with E-state index in [9.17, 15) is 18.0 Å². The quantitative estimate of drug-likeness (QED) is 0.493. The van der Waals surface area contributed by atoms with E-state index in [1.165, 1.54) is 25.3 Å². The van der Waals surface area contributed by atoms with Gasteiger partial charge >= 0.3 is 10.1 Å². The van der Waals surface area contributed by atoms with Gasteiger partial charge in [0.25, 0.3) is 11.1 Å². The van der Waals surface area contributed by atoms with Crippen molar-refractivity contribution in [3.8, 4) is 11.5 Å². The Balaban J connectivity index is 1.90. The third-order valence-corrected chi connectivity index (χ3v) is 6.81. The summed E-state index contributed by atoms with van der Waals surface area (Å²) in [5, 5.41) is -0.381. The molecule has 1 heterocycles. The van der Waals surface area contributed by atoms with Crippen LogP contribution in [-0.4, -0.2) is 44.7 Å². The Kier molecular flexibility index (Phi) is 6.73. The molecule has 1 fully saturated rings. The number of amides is 2. The van der Waals surface area contributed by atoms with Crippen LogP contribution in [0.1, 0.15) is 16.7 Å². The lowest BCUT2D eigenvalue weighted by Crippen LogP contribution is -2.33. The minimum atomic E-state index is -4.08. The molecule has 0 bridgehead atoms. The average molecular weight is 463 g/mol. The molecule has 1 saturated heterocycles. The van der Waals surface area contributed by atoms with E-state index in [2.05, 4.69) is 0 Å². The summed E-state index contributed by atoms with van der Waals surface area (Å²) < 4.78 is 36.2. The van der Waals surface area contributed by atoms with E-state index in [1.807, 2.05) is 6.07 Å². The van der Waals surface area contributed by atoms with Crippen LogP contribution in [0.5, 0.6) is 11.5 Å². The molecule has 0 saturated carbocycles. The summed E-state index contributed by atoms with van der Waals surface area (Å²) in [5.74, 6) is -0.238. The molecule has 0 aliphatic carbocycles. The lowest BCUT2D eigenvalue weighted by atomic mass is 10.2. The summed E-state index contributed by atoms with van der Waals surface area (Å²) in [6.07, 6.45) is 1.53. The van der Waals surface area contributed by atoms with E-state index in [0.29, 0.717) is 11.1 Å². The van der Waals surface area contributed by atoms with Crippen LogP contribution in [0.2, 0.25) is 0 Å². The van der Waals surface area contributed by atoms with Gasteiger partial charge in [0.1, 0.15) is 4.90 Å². The van der Waals surface area contributed by atoms with E-state index >= 15 is 0 Å². The normalized spacial score (nSPS) is 15.6. The maximum Gasteiger partial charge on any atom is 0.339 e. The maximum absolute atomic E-state index is 12.8. The number of benzene rings is 2. The van der Waals surface area contributed by atoms with Crippen molar-refractivity contribution in [1.29, 1.82) is 0 Å².